The van der Waals surface area contributed by atoms with Crippen molar-refractivity contribution in [1.82, 2.24) is 14.9 Å². The van der Waals surface area contributed by atoms with E-state index >= 15 is 0 Å². The standard InChI is InChI=1S/C16H15Cl2N3O2/c17-12-4-3-11(7-13(12)18)16(23)19-5-6-21-9-20-14(8-15(21)22)10-1-2-10/h3-4,7-10H,1-2,5-6H2,(H,19,23). The second-order valence-corrected chi connectivity index (χ2v) is 6.32. The molecule has 0 radical (unpaired) electrons. The van der Waals surface area contributed by atoms with Gasteiger partial charge in [-0.25, -0.2) is 4.98 Å². The summed E-state index contributed by atoms with van der Waals surface area (Å²) in [7, 11) is 0. The van der Waals surface area contributed by atoms with Gasteiger partial charge >= 0.3 is 0 Å². The lowest BCUT2D eigenvalue weighted by atomic mass is 10.2. The van der Waals surface area contributed by atoms with Crippen molar-refractivity contribution in [2.75, 3.05) is 6.54 Å². The third kappa shape index (κ3) is 3.92. The average Bonchev–Trinajstić information content (AvgIpc) is 3.36. The molecular formula is C16H15Cl2N3O2. The molecule has 0 aliphatic heterocycles. The summed E-state index contributed by atoms with van der Waals surface area (Å²) in [5, 5.41) is 3.47. The zero-order valence-electron chi connectivity index (χ0n) is 12.3. The minimum absolute atomic E-state index is 0.0920. The van der Waals surface area contributed by atoms with E-state index in [1.807, 2.05) is 0 Å². The normalized spacial score (nSPS) is 13.8. The second-order valence-electron chi connectivity index (χ2n) is 5.50. The number of hydrogen-bond acceptors (Lipinski definition) is 3. The van der Waals surface area contributed by atoms with Crippen LogP contribution in [0.25, 0.3) is 0 Å². The van der Waals surface area contributed by atoms with Crippen LogP contribution in [0.15, 0.2) is 35.4 Å². The van der Waals surface area contributed by atoms with E-state index in [9.17, 15) is 9.59 Å². The van der Waals surface area contributed by atoms with E-state index < -0.39 is 0 Å². The highest BCUT2D eigenvalue weighted by Gasteiger charge is 2.25. The first-order valence-corrected chi connectivity index (χ1v) is 8.10. The topological polar surface area (TPSA) is 64.0 Å². The van der Waals surface area contributed by atoms with Crippen LogP contribution in [0, 0.1) is 0 Å². The monoisotopic (exact) mass is 351 g/mol. The van der Waals surface area contributed by atoms with Crippen molar-refractivity contribution in [2.45, 2.75) is 25.3 Å². The van der Waals surface area contributed by atoms with E-state index in [0.29, 0.717) is 34.6 Å². The molecule has 1 aliphatic carbocycles. The Labute approximate surface area is 143 Å². The number of nitrogens with one attached hydrogen (secondary N) is 1. The lowest BCUT2D eigenvalue weighted by Gasteiger charge is -2.08. The fourth-order valence-electron chi connectivity index (χ4n) is 2.24. The van der Waals surface area contributed by atoms with Gasteiger partial charge in [0.25, 0.3) is 11.5 Å². The number of carbonyl (C=O) groups excluding carboxylic acids is 1. The summed E-state index contributed by atoms with van der Waals surface area (Å²) in [6.45, 7) is 0.688. The number of carbonyl (C=O) groups is 1. The average molecular weight is 352 g/mol. The third-order valence-corrected chi connectivity index (χ3v) is 4.46. The van der Waals surface area contributed by atoms with Gasteiger partial charge in [0.1, 0.15) is 0 Å². The van der Waals surface area contributed by atoms with Crippen LogP contribution in [-0.2, 0) is 6.54 Å². The fourth-order valence-corrected chi connectivity index (χ4v) is 2.54. The van der Waals surface area contributed by atoms with Gasteiger partial charge in [-0.1, -0.05) is 23.2 Å². The largest absolute Gasteiger partial charge is 0.350 e. The maximum atomic E-state index is 12.0. The van der Waals surface area contributed by atoms with E-state index in [1.54, 1.807) is 24.5 Å². The van der Waals surface area contributed by atoms with Crippen molar-refractivity contribution in [1.29, 1.82) is 0 Å². The first-order valence-electron chi connectivity index (χ1n) is 7.34. The van der Waals surface area contributed by atoms with E-state index in [1.165, 1.54) is 10.6 Å². The Balaban J connectivity index is 1.57. The molecule has 3 rings (SSSR count). The van der Waals surface area contributed by atoms with Gasteiger partial charge < -0.3 is 5.32 Å². The molecule has 120 valence electrons. The molecular weight excluding hydrogens is 337 g/mol. The van der Waals surface area contributed by atoms with Crippen molar-refractivity contribution < 1.29 is 4.79 Å². The minimum Gasteiger partial charge on any atom is -0.350 e. The van der Waals surface area contributed by atoms with Gasteiger partial charge in [-0.3, -0.25) is 14.2 Å². The van der Waals surface area contributed by atoms with Crippen LogP contribution < -0.4 is 10.9 Å². The highest BCUT2D eigenvalue weighted by molar-refractivity contribution is 6.42. The first-order chi connectivity index (χ1) is 11.0. The first kappa shape index (κ1) is 16.0. The lowest BCUT2D eigenvalue weighted by molar-refractivity contribution is 0.0952. The van der Waals surface area contributed by atoms with Crippen LogP contribution in [0.2, 0.25) is 10.0 Å². The van der Waals surface area contributed by atoms with Gasteiger partial charge in [0.05, 0.1) is 22.1 Å². The van der Waals surface area contributed by atoms with Crippen LogP contribution >= 0.6 is 23.2 Å². The Morgan fingerprint density at radius 2 is 2.04 bits per heavy atom. The summed E-state index contributed by atoms with van der Waals surface area (Å²) in [5.74, 6) is 0.186. The Morgan fingerprint density at radius 1 is 1.26 bits per heavy atom. The van der Waals surface area contributed by atoms with Crippen LogP contribution in [0.5, 0.6) is 0 Å². The number of hydrogen-bond donors (Lipinski definition) is 1. The molecule has 0 saturated heterocycles. The Hall–Kier alpha value is -1.85. The van der Waals surface area contributed by atoms with Crippen molar-refractivity contribution in [3.05, 3.63) is 62.2 Å². The van der Waals surface area contributed by atoms with Crippen LogP contribution in [0.1, 0.15) is 34.8 Å². The van der Waals surface area contributed by atoms with Crippen molar-refractivity contribution in [3.8, 4) is 0 Å². The van der Waals surface area contributed by atoms with Gasteiger partial charge in [0.2, 0.25) is 0 Å². The molecule has 23 heavy (non-hydrogen) atoms. The predicted molar refractivity (Wildman–Crippen MR) is 89.3 cm³/mol. The van der Waals surface area contributed by atoms with E-state index in [0.717, 1.165) is 18.5 Å². The molecule has 7 heteroatoms. The fraction of sp³-hybridized carbons (Fsp3) is 0.312. The highest BCUT2D eigenvalue weighted by Crippen LogP contribution is 2.38. The number of benzene rings is 1. The summed E-state index contributed by atoms with van der Waals surface area (Å²) in [6, 6.07) is 6.27. The number of aromatic nitrogens is 2. The van der Waals surface area contributed by atoms with Crippen LogP contribution in [0.3, 0.4) is 0 Å². The second kappa shape index (κ2) is 6.72. The van der Waals surface area contributed by atoms with Gasteiger partial charge in [-0.2, -0.15) is 0 Å². The van der Waals surface area contributed by atoms with Crippen molar-refractivity contribution >= 4 is 29.1 Å². The van der Waals surface area contributed by atoms with Gasteiger partial charge in [0.15, 0.2) is 0 Å². The quantitative estimate of drug-likeness (QED) is 0.900. The summed E-state index contributed by atoms with van der Waals surface area (Å²) in [4.78, 5) is 28.3. The molecule has 1 aromatic heterocycles. The molecule has 1 saturated carbocycles. The predicted octanol–water partition coefficient (Wildman–Crippen LogP) is 2.86. The zero-order valence-corrected chi connectivity index (χ0v) is 13.8. The molecule has 1 fully saturated rings. The lowest BCUT2D eigenvalue weighted by Crippen LogP contribution is -2.31. The van der Waals surface area contributed by atoms with Crippen molar-refractivity contribution in [2.24, 2.45) is 0 Å². The molecule has 1 heterocycles. The van der Waals surface area contributed by atoms with E-state index in [4.69, 9.17) is 23.2 Å². The molecule has 5 nitrogen and oxygen atoms in total. The molecule has 1 N–H and O–H groups in total. The molecule has 0 bridgehead atoms. The SMILES string of the molecule is O=C(NCCn1cnc(C2CC2)cc1=O)c1ccc(Cl)c(Cl)c1. The van der Waals surface area contributed by atoms with Crippen LogP contribution in [-0.4, -0.2) is 22.0 Å². The summed E-state index contributed by atoms with van der Waals surface area (Å²) < 4.78 is 1.49. The summed E-state index contributed by atoms with van der Waals surface area (Å²) in [6.07, 6.45) is 3.76. The number of rotatable bonds is 5. The van der Waals surface area contributed by atoms with Crippen LogP contribution in [0.4, 0.5) is 0 Å². The molecule has 0 atom stereocenters. The minimum atomic E-state index is -0.265. The summed E-state index contributed by atoms with van der Waals surface area (Å²) >= 11 is 11.7. The highest BCUT2D eigenvalue weighted by atomic mass is 35.5. The maximum Gasteiger partial charge on any atom is 0.253 e. The van der Waals surface area contributed by atoms with Gasteiger partial charge in [0, 0.05) is 30.6 Å². The number of amides is 1. The maximum absolute atomic E-state index is 12.0. The van der Waals surface area contributed by atoms with Crippen molar-refractivity contribution in [3.63, 3.8) is 0 Å². The zero-order chi connectivity index (χ0) is 16.4. The van der Waals surface area contributed by atoms with Gasteiger partial charge in [-0.05, 0) is 31.0 Å². The third-order valence-electron chi connectivity index (χ3n) is 3.72. The van der Waals surface area contributed by atoms with E-state index in [-0.39, 0.29) is 11.5 Å². The molecule has 2 aromatic rings. The molecule has 0 spiro atoms. The van der Waals surface area contributed by atoms with E-state index in [2.05, 4.69) is 10.3 Å². The smallest absolute Gasteiger partial charge is 0.253 e. The molecule has 1 aliphatic rings. The number of nitrogens with zero attached hydrogens (tertiary/aromatic N) is 2. The summed E-state index contributed by atoms with van der Waals surface area (Å²) in [5.41, 5.74) is 1.20. The Bertz CT molecular complexity index is 800. The molecule has 0 unspecified atom stereocenters. The molecule has 1 amide bonds. The number of halogens is 2. The molecule has 1 aromatic carbocycles. The Kier molecular flexibility index (Phi) is 4.68. The van der Waals surface area contributed by atoms with Gasteiger partial charge in [-0.15, -0.1) is 0 Å². The Morgan fingerprint density at radius 3 is 2.70 bits per heavy atom.